The molecule has 6 nitrogen and oxygen atoms in total. The highest BCUT2D eigenvalue weighted by atomic mass is 32.1. The predicted molar refractivity (Wildman–Crippen MR) is 117 cm³/mol. The molecule has 0 bridgehead atoms. The molecule has 1 atom stereocenters. The van der Waals surface area contributed by atoms with Gasteiger partial charge in [0, 0.05) is 42.5 Å². The number of carbonyl (C=O) groups excluding carboxylic acids is 2. The first-order chi connectivity index (χ1) is 14.7. The molecule has 30 heavy (non-hydrogen) atoms. The maximum Gasteiger partial charge on any atom is 0.289 e. The molecule has 0 saturated carbocycles. The Kier molecular flexibility index (Phi) is 5.45. The van der Waals surface area contributed by atoms with E-state index in [1.54, 1.807) is 28.4 Å². The van der Waals surface area contributed by atoms with Crippen molar-refractivity contribution in [1.82, 2.24) is 14.7 Å². The fourth-order valence-electron chi connectivity index (χ4n) is 4.31. The second-order valence-corrected chi connectivity index (χ2v) is 9.57. The molecule has 0 spiro atoms. The molecule has 156 valence electrons. The Bertz CT molecular complexity index is 1000. The molecule has 2 aliphatic rings. The minimum absolute atomic E-state index is 0.106. The molecule has 3 aromatic heterocycles. The lowest BCUT2D eigenvalue weighted by molar-refractivity contribution is -0.134. The first-order valence-electron chi connectivity index (χ1n) is 10.1. The largest absolute Gasteiger partial charge is 0.459 e. The Hall–Kier alpha value is -2.42. The molecule has 0 N–H and O–H groups in total. The molecule has 5 rings (SSSR count). The summed E-state index contributed by atoms with van der Waals surface area (Å²) in [5.41, 5.74) is 1.34. The molecular formula is C22H23N3O3S2. The van der Waals surface area contributed by atoms with Gasteiger partial charge in [-0.25, -0.2) is 0 Å². The fourth-order valence-corrected chi connectivity index (χ4v) is 6.09. The number of furan rings is 1. The Balaban J connectivity index is 1.24. The Labute approximate surface area is 183 Å². The Morgan fingerprint density at radius 3 is 2.53 bits per heavy atom. The van der Waals surface area contributed by atoms with E-state index in [2.05, 4.69) is 33.9 Å². The monoisotopic (exact) mass is 441 g/mol. The minimum atomic E-state index is -0.106. The molecule has 1 unspecified atom stereocenters. The second-order valence-electron chi connectivity index (χ2n) is 7.59. The van der Waals surface area contributed by atoms with Crippen LogP contribution in [0.15, 0.2) is 51.8 Å². The zero-order valence-corrected chi connectivity index (χ0v) is 18.2. The third-order valence-electron chi connectivity index (χ3n) is 5.87. The quantitative estimate of drug-likeness (QED) is 0.623. The molecule has 8 heteroatoms. The van der Waals surface area contributed by atoms with Gasteiger partial charge in [0.1, 0.15) is 0 Å². The van der Waals surface area contributed by atoms with Crippen LogP contribution in [0.25, 0.3) is 0 Å². The van der Waals surface area contributed by atoms with Gasteiger partial charge >= 0.3 is 0 Å². The second kappa shape index (κ2) is 8.37. The number of hydrogen-bond donors (Lipinski definition) is 0. The van der Waals surface area contributed by atoms with Gasteiger partial charge in [0.15, 0.2) is 5.76 Å². The van der Waals surface area contributed by atoms with Gasteiger partial charge in [-0.3, -0.25) is 14.5 Å². The van der Waals surface area contributed by atoms with E-state index >= 15 is 0 Å². The van der Waals surface area contributed by atoms with Crippen LogP contribution in [0, 0.1) is 0 Å². The van der Waals surface area contributed by atoms with Crippen molar-refractivity contribution >= 4 is 34.5 Å². The summed E-state index contributed by atoms with van der Waals surface area (Å²) in [4.78, 5) is 34.2. The zero-order chi connectivity index (χ0) is 20.5. The van der Waals surface area contributed by atoms with Crippen LogP contribution in [-0.2, 0) is 11.2 Å². The van der Waals surface area contributed by atoms with Crippen LogP contribution in [-0.4, -0.2) is 65.8 Å². The highest BCUT2D eigenvalue weighted by Gasteiger charge is 2.33. The van der Waals surface area contributed by atoms with Gasteiger partial charge in [0.2, 0.25) is 5.91 Å². The van der Waals surface area contributed by atoms with Crippen molar-refractivity contribution in [3.63, 3.8) is 0 Å². The molecule has 1 fully saturated rings. The summed E-state index contributed by atoms with van der Waals surface area (Å²) in [5.74, 6) is 0.389. The van der Waals surface area contributed by atoms with E-state index < -0.39 is 0 Å². The SMILES string of the molecule is O=C(CN1CCc2sccc2C1c1cccs1)N1CCN(C(=O)c2ccco2)CC1. The van der Waals surface area contributed by atoms with Gasteiger partial charge < -0.3 is 14.2 Å². The number of piperazine rings is 1. The highest BCUT2D eigenvalue weighted by molar-refractivity contribution is 7.10. The minimum Gasteiger partial charge on any atom is -0.459 e. The summed E-state index contributed by atoms with van der Waals surface area (Å²) in [6, 6.07) is 10.0. The van der Waals surface area contributed by atoms with Crippen molar-refractivity contribution < 1.29 is 14.0 Å². The Morgan fingerprint density at radius 1 is 0.967 bits per heavy atom. The maximum atomic E-state index is 13.1. The Morgan fingerprint density at radius 2 is 1.80 bits per heavy atom. The summed E-state index contributed by atoms with van der Waals surface area (Å²) >= 11 is 3.56. The normalized spacial score (nSPS) is 19.7. The van der Waals surface area contributed by atoms with E-state index in [1.807, 2.05) is 16.2 Å². The van der Waals surface area contributed by atoms with Crippen LogP contribution in [0.1, 0.15) is 31.9 Å². The van der Waals surface area contributed by atoms with Crippen LogP contribution >= 0.6 is 22.7 Å². The fraction of sp³-hybridized carbons (Fsp3) is 0.364. The van der Waals surface area contributed by atoms with E-state index in [0.717, 1.165) is 13.0 Å². The van der Waals surface area contributed by atoms with E-state index in [1.165, 1.54) is 21.6 Å². The summed E-state index contributed by atoms with van der Waals surface area (Å²) < 4.78 is 5.22. The van der Waals surface area contributed by atoms with Crippen LogP contribution in [0.4, 0.5) is 0 Å². The van der Waals surface area contributed by atoms with Crippen molar-refractivity contribution in [2.75, 3.05) is 39.3 Å². The topological polar surface area (TPSA) is 57.0 Å². The number of carbonyl (C=O) groups is 2. The average molecular weight is 442 g/mol. The number of hydrogen-bond acceptors (Lipinski definition) is 6. The predicted octanol–water partition coefficient (Wildman–Crippen LogP) is 3.33. The number of amides is 2. The molecule has 2 amide bonds. The third kappa shape index (κ3) is 3.71. The molecule has 0 aromatic carbocycles. The van der Waals surface area contributed by atoms with E-state index in [0.29, 0.717) is 38.5 Å². The summed E-state index contributed by atoms with van der Waals surface area (Å²) in [7, 11) is 0. The summed E-state index contributed by atoms with van der Waals surface area (Å²) in [5, 5.41) is 4.26. The van der Waals surface area contributed by atoms with E-state index in [-0.39, 0.29) is 17.9 Å². The van der Waals surface area contributed by atoms with Crippen molar-refractivity contribution in [1.29, 1.82) is 0 Å². The van der Waals surface area contributed by atoms with Crippen LogP contribution in [0.3, 0.4) is 0 Å². The first-order valence-corrected chi connectivity index (χ1v) is 11.9. The third-order valence-corrected chi connectivity index (χ3v) is 7.79. The van der Waals surface area contributed by atoms with Gasteiger partial charge in [-0.2, -0.15) is 0 Å². The van der Waals surface area contributed by atoms with Gasteiger partial charge in [-0.15, -0.1) is 22.7 Å². The number of thiophene rings is 2. The number of nitrogens with zero attached hydrogens (tertiary/aromatic N) is 3. The first kappa shape index (κ1) is 19.5. The molecular weight excluding hydrogens is 418 g/mol. The van der Waals surface area contributed by atoms with Crippen molar-refractivity contribution in [3.8, 4) is 0 Å². The van der Waals surface area contributed by atoms with E-state index in [9.17, 15) is 9.59 Å². The molecule has 0 aliphatic carbocycles. The van der Waals surface area contributed by atoms with Gasteiger partial charge in [-0.1, -0.05) is 6.07 Å². The van der Waals surface area contributed by atoms with Gasteiger partial charge in [0.05, 0.1) is 18.8 Å². The van der Waals surface area contributed by atoms with Crippen LogP contribution in [0.2, 0.25) is 0 Å². The van der Waals surface area contributed by atoms with Gasteiger partial charge in [-0.05, 0) is 47.0 Å². The molecule has 0 radical (unpaired) electrons. The lowest BCUT2D eigenvalue weighted by atomic mass is 9.98. The summed E-state index contributed by atoms with van der Waals surface area (Å²) in [6.07, 6.45) is 2.50. The van der Waals surface area contributed by atoms with Crippen molar-refractivity contribution in [2.24, 2.45) is 0 Å². The number of rotatable bonds is 4. The van der Waals surface area contributed by atoms with E-state index in [4.69, 9.17) is 4.42 Å². The molecule has 2 aliphatic heterocycles. The van der Waals surface area contributed by atoms with Crippen LogP contribution < -0.4 is 0 Å². The highest BCUT2D eigenvalue weighted by Crippen LogP contribution is 2.39. The van der Waals surface area contributed by atoms with Crippen LogP contribution in [0.5, 0.6) is 0 Å². The molecule has 5 heterocycles. The van der Waals surface area contributed by atoms with Crippen molar-refractivity contribution in [2.45, 2.75) is 12.5 Å². The average Bonchev–Trinajstić information content (AvgIpc) is 3.55. The smallest absolute Gasteiger partial charge is 0.289 e. The lowest BCUT2D eigenvalue weighted by Crippen LogP contribution is -2.53. The maximum absolute atomic E-state index is 13.1. The zero-order valence-electron chi connectivity index (χ0n) is 16.5. The standard InChI is InChI=1S/C22H23N3O3S2/c26-20(23-8-10-24(11-9-23)22(27)17-3-1-12-28-17)15-25-7-5-18-16(6-14-30-18)21(25)19-4-2-13-29-19/h1-4,6,12-14,21H,5,7-11,15H2. The van der Waals surface area contributed by atoms with Crippen molar-refractivity contribution in [3.05, 3.63) is 68.4 Å². The molecule has 1 saturated heterocycles. The number of fused-ring (bicyclic) bond motifs is 1. The summed E-state index contributed by atoms with van der Waals surface area (Å²) in [6.45, 7) is 3.49. The lowest BCUT2D eigenvalue weighted by Gasteiger charge is -2.38. The molecule has 3 aromatic rings. The van der Waals surface area contributed by atoms with Gasteiger partial charge in [0.25, 0.3) is 5.91 Å².